The molecule has 1 aromatic rings. The van der Waals surface area contributed by atoms with E-state index in [4.69, 9.17) is 0 Å². The van der Waals surface area contributed by atoms with Gasteiger partial charge in [0.1, 0.15) is 0 Å². The number of hydrogen-bond acceptors (Lipinski definition) is 3. The van der Waals surface area contributed by atoms with Crippen molar-refractivity contribution in [1.29, 1.82) is 0 Å². The average Bonchev–Trinajstić information content (AvgIpc) is 2.48. The van der Waals surface area contributed by atoms with Crippen molar-refractivity contribution in [3.05, 3.63) is 29.8 Å². The minimum absolute atomic E-state index is 0.257. The highest BCUT2D eigenvalue weighted by molar-refractivity contribution is 7.89. The van der Waals surface area contributed by atoms with Gasteiger partial charge in [0.2, 0.25) is 10.0 Å². The maximum absolute atomic E-state index is 12.7. The number of aliphatic hydroxyl groups excluding tert-OH is 1. The summed E-state index contributed by atoms with van der Waals surface area (Å²) < 4.78 is 27.0. The number of aliphatic hydroxyl groups is 1. The maximum Gasteiger partial charge on any atom is 0.243 e. The number of sulfonamides is 1. The highest BCUT2D eigenvalue weighted by Crippen LogP contribution is 2.35. The summed E-state index contributed by atoms with van der Waals surface area (Å²) in [4.78, 5) is 0.279. The third-order valence-electron chi connectivity index (χ3n) is 4.76. The molecule has 4 nitrogen and oxygen atoms in total. The van der Waals surface area contributed by atoms with Crippen molar-refractivity contribution >= 4 is 10.0 Å². The van der Waals surface area contributed by atoms with Crippen LogP contribution in [0.25, 0.3) is 0 Å². The quantitative estimate of drug-likeness (QED) is 0.930. The molecular weight excluding hydrogens is 286 g/mol. The van der Waals surface area contributed by atoms with E-state index in [-0.39, 0.29) is 10.3 Å². The van der Waals surface area contributed by atoms with Gasteiger partial charge in [-0.1, -0.05) is 32.4 Å². The summed E-state index contributed by atoms with van der Waals surface area (Å²) in [6.45, 7) is 7.18. The molecule has 0 amide bonds. The number of rotatable bonds is 4. The topological polar surface area (TPSA) is 57.6 Å². The van der Waals surface area contributed by atoms with Crippen LogP contribution >= 0.6 is 0 Å². The second-order valence-corrected chi connectivity index (χ2v) is 8.25. The van der Waals surface area contributed by atoms with Gasteiger partial charge in [-0.3, -0.25) is 0 Å². The van der Waals surface area contributed by atoms with Gasteiger partial charge in [0.05, 0.1) is 11.0 Å². The molecule has 0 bridgehead atoms. The van der Waals surface area contributed by atoms with Gasteiger partial charge in [-0.15, -0.1) is 0 Å². The normalized spacial score (nSPS) is 21.1. The zero-order valence-electron chi connectivity index (χ0n) is 13.0. The SMILES string of the molecule is CCC1(C)CCN(S(=O)(=O)c2cccc(C(C)O)c2)CC1. The van der Waals surface area contributed by atoms with Gasteiger partial charge < -0.3 is 5.11 Å². The Balaban J connectivity index is 2.21. The van der Waals surface area contributed by atoms with Crippen LogP contribution in [0.15, 0.2) is 29.2 Å². The first-order valence-electron chi connectivity index (χ1n) is 7.57. The van der Waals surface area contributed by atoms with E-state index in [1.165, 1.54) is 0 Å². The molecule has 0 aliphatic carbocycles. The van der Waals surface area contributed by atoms with Gasteiger partial charge in [0, 0.05) is 13.1 Å². The standard InChI is InChI=1S/C16H25NO3S/c1-4-16(3)8-10-17(11-9-16)21(19,20)15-7-5-6-14(12-15)13(2)18/h5-7,12-13,18H,4,8-11H2,1-3H3. The molecule has 1 atom stereocenters. The fraction of sp³-hybridized carbons (Fsp3) is 0.625. The van der Waals surface area contributed by atoms with Crippen LogP contribution < -0.4 is 0 Å². The monoisotopic (exact) mass is 311 g/mol. The van der Waals surface area contributed by atoms with E-state index in [0.29, 0.717) is 18.7 Å². The predicted octanol–water partition coefficient (Wildman–Crippen LogP) is 2.94. The van der Waals surface area contributed by atoms with E-state index in [2.05, 4.69) is 13.8 Å². The summed E-state index contributed by atoms with van der Waals surface area (Å²) >= 11 is 0. The largest absolute Gasteiger partial charge is 0.389 e. The predicted molar refractivity (Wildman–Crippen MR) is 83.5 cm³/mol. The van der Waals surface area contributed by atoms with Crippen molar-refractivity contribution < 1.29 is 13.5 Å². The van der Waals surface area contributed by atoms with Crippen molar-refractivity contribution in [3.63, 3.8) is 0 Å². The molecule has 5 heteroatoms. The zero-order valence-corrected chi connectivity index (χ0v) is 13.9. The Bertz CT molecular complexity index is 587. The minimum Gasteiger partial charge on any atom is -0.389 e. The molecule has 1 aromatic carbocycles. The smallest absolute Gasteiger partial charge is 0.243 e. The fourth-order valence-corrected chi connectivity index (χ4v) is 4.20. The van der Waals surface area contributed by atoms with Crippen LogP contribution in [0, 0.1) is 5.41 Å². The van der Waals surface area contributed by atoms with E-state index in [1.807, 2.05) is 0 Å². The third-order valence-corrected chi connectivity index (χ3v) is 6.66. The molecule has 0 aromatic heterocycles. The van der Waals surface area contributed by atoms with Crippen molar-refractivity contribution in [2.75, 3.05) is 13.1 Å². The van der Waals surface area contributed by atoms with Crippen LogP contribution in [0.4, 0.5) is 0 Å². The van der Waals surface area contributed by atoms with Gasteiger partial charge in [-0.05, 0) is 42.9 Å². The Morgan fingerprint density at radius 2 is 1.95 bits per heavy atom. The van der Waals surface area contributed by atoms with Gasteiger partial charge in [-0.2, -0.15) is 4.31 Å². The molecule has 1 heterocycles. The van der Waals surface area contributed by atoms with E-state index in [0.717, 1.165) is 19.3 Å². The Kier molecular flexibility index (Phi) is 4.76. The minimum atomic E-state index is -3.45. The van der Waals surface area contributed by atoms with Crippen LogP contribution in [-0.2, 0) is 10.0 Å². The Morgan fingerprint density at radius 3 is 2.48 bits per heavy atom. The lowest BCUT2D eigenvalue weighted by molar-refractivity contribution is 0.169. The number of piperidine rings is 1. The third kappa shape index (κ3) is 3.47. The van der Waals surface area contributed by atoms with Gasteiger partial charge >= 0.3 is 0 Å². The summed E-state index contributed by atoms with van der Waals surface area (Å²) in [6, 6.07) is 6.62. The molecule has 0 saturated carbocycles. The van der Waals surface area contributed by atoms with Crippen LogP contribution in [-0.4, -0.2) is 30.9 Å². The van der Waals surface area contributed by atoms with Crippen LogP contribution in [0.3, 0.4) is 0 Å². The zero-order chi connectivity index (χ0) is 15.7. The van der Waals surface area contributed by atoms with E-state index < -0.39 is 16.1 Å². The second-order valence-electron chi connectivity index (χ2n) is 6.32. The lowest BCUT2D eigenvalue weighted by Crippen LogP contribution is -2.41. The molecule has 1 aliphatic rings. The first-order chi connectivity index (χ1) is 9.78. The molecule has 2 rings (SSSR count). The molecule has 1 unspecified atom stereocenters. The van der Waals surface area contributed by atoms with Crippen molar-refractivity contribution in [2.24, 2.45) is 5.41 Å². The van der Waals surface area contributed by atoms with Crippen LogP contribution in [0.1, 0.15) is 51.7 Å². The molecule has 1 saturated heterocycles. The van der Waals surface area contributed by atoms with Gasteiger partial charge in [0.15, 0.2) is 0 Å². The van der Waals surface area contributed by atoms with Gasteiger partial charge in [0.25, 0.3) is 0 Å². The van der Waals surface area contributed by atoms with Crippen LogP contribution in [0.2, 0.25) is 0 Å². The van der Waals surface area contributed by atoms with E-state index in [9.17, 15) is 13.5 Å². The van der Waals surface area contributed by atoms with Crippen molar-refractivity contribution in [1.82, 2.24) is 4.31 Å². The Hall–Kier alpha value is -0.910. The molecule has 1 N–H and O–H groups in total. The molecule has 1 fully saturated rings. The summed E-state index contributed by atoms with van der Waals surface area (Å²) in [5.41, 5.74) is 0.888. The lowest BCUT2D eigenvalue weighted by atomic mass is 9.79. The van der Waals surface area contributed by atoms with E-state index >= 15 is 0 Å². The summed E-state index contributed by atoms with van der Waals surface area (Å²) in [7, 11) is -3.45. The maximum atomic E-state index is 12.7. The average molecular weight is 311 g/mol. The van der Waals surface area contributed by atoms with E-state index in [1.54, 1.807) is 35.5 Å². The molecule has 21 heavy (non-hydrogen) atoms. The molecular formula is C16H25NO3S. The Morgan fingerprint density at radius 1 is 1.33 bits per heavy atom. The van der Waals surface area contributed by atoms with Crippen molar-refractivity contribution in [3.8, 4) is 0 Å². The lowest BCUT2D eigenvalue weighted by Gasteiger charge is -2.38. The van der Waals surface area contributed by atoms with Crippen LogP contribution in [0.5, 0.6) is 0 Å². The first-order valence-corrected chi connectivity index (χ1v) is 9.01. The molecule has 118 valence electrons. The highest BCUT2D eigenvalue weighted by atomic mass is 32.2. The first kappa shape index (κ1) is 16.5. The molecule has 0 spiro atoms. The van der Waals surface area contributed by atoms with Crippen molar-refractivity contribution in [2.45, 2.75) is 51.0 Å². The molecule has 1 aliphatic heterocycles. The number of benzene rings is 1. The summed E-state index contributed by atoms with van der Waals surface area (Å²) in [5.74, 6) is 0. The number of nitrogens with zero attached hydrogens (tertiary/aromatic N) is 1. The number of hydrogen-bond donors (Lipinski definition) is 1. The summed E-state index contributed by atoms with van der Waals surface area (Å²) in [5, 5.41) is 9.62. The fourth-order valence-electron chi connectivity index (χ4n) is 2.70. The highest BCUT2D eigenvalue weighted by Gasteiger charge is 2.34. The second kappa shape index (κ2) is 6.07. The molecule has 0 radical (unpaired) electrons. The summed E-state index contributed by atoms with van der Waals surface area (Å²) in [6.07, 6.45) is 2.22. The van der Waals surface area contributed by atoms with Gasteiger partial charge in [-0.25, -0.2) is 8.42 Å². The Labute approximate surface area is 127 Å².